The standard InChI is InChI=1S/C25H26F2N6O3S.ClH/c1-11-6-19-18(9-28-11)32-24(37-19)20-12(2)30-25(29-8-14-15(26)4-3-5-16(14)27)33-23(20)31-17-7-13(10-34)21(35)22(17)36;/h3-6,9,13,17,21-22,34-36H,7-8,10H2,1-2H3,(H2,29,30,31,33);1H/t13-,17-,21-,22+;/m1./s1. The number of pyridine rings is 1. The van der Waals surface area contributed by atoms with E-state index >= 15 is 0 Å². The van der Waals surface area contributed by atoms with Crippen LogP contribution in [0, 0.1) is 31.4 Å². The first-order chi connectivity index (χ1) is 17.7. The highest BCUT2D eigenvalue weighted by molar-refractivity contribution is 7.21. The zero-order chi connectivity index (χ0) is 26.3. The van der Waals surface area contributed by atoms with Gasteiger partial charge in [-0.2, -0.15) is 4.98 Å². The summed E-state index contributed by atoms with van der Waals surface area (Å²) in [6.07, 6.45) is -0.220. The third-order valence-electron chi connectivity index (χ3n) is 6.56. The minimum atomic E-state index is -1.13. The van der Waals surface area contributed by atoms with Crippen LogP contribution >= 0.6 is 23.7 Å². The molecular formula is C25H27ClF2N6O3S. The molecule has 4 atom stereocenters. The van der Waals surface area contributed by atoms with Gasteiger partial charge in [-0.3, -0.25) is 4.98 Å². The van der Waals surface area contributed by atoms with E-state index < -0.39 is 35.8 Å². The van der Waals surface area contributed by atoms with Gasteiger partial charge in [-0.25, -0.2) is 18.7 Å². The van der Waals surface area contributed by atoms with Gasteiger partial charge < -0.3 is 26.0 Å². The number of thiazole rings is 1. The van der Waals surface area contributed by atoms with Crippen LogP contribution in [0.1, 0.15) is 23.4 Å². The van der Waals surface area contributed by atoms with E-state index in [9.17, 15) is 24.1 Å². The van der Waals surface area contributed by atoms with Gasteiger partial charge in [0.2, 0.25) is 5.95 Å². The lowest BCUT2D eigenvalue weighted by molar-refractivity contribution is 0.00446. The average molecular weight is 565 g/mol. The summed E-state index contributed by atoms with van der Waals surface area (Å²) in [6, 6.07) is 4.98. The van der Waals surface area contributed by atoms with Crippen molar-refractivity contribution in [2.24, 2.45) is 5.92 Å². The van der Waals surface area contributed by atoms with Crippen LogP contribution in [-0.2, 0) is 6.54 Å². The van der Waals surface area contributed by atoms with Crippen LogP contribution in [0.5, 0.6) is 0 Å². The lowest BCUT2D eigenvalue weighted by Crippen LogP contribution is -2.35. The van der Waals surface area contributed by atoms with Crippen LogP contribution in [0.4, 0.5) is 20.5 Å². The van der Waals surface area contributed by atoms with Crippen molar-refractivity contribution in [2.45, 2.75) is 45.1 Å². The van der Waals surface area contributed by atoms with E-state index in [0.29, 0.717) is 34.0 Å². The Morgan fingerprint density at radius 2 is 1.82 bits per heavy atom. The third kappa shape index (κ3) is 5.40. The Morgan fingerprint density at radius 3 is 2.50 bits per heavy atom. The SMILES string of the molecule is Cc1cc2sc(-c3c(C)nc(NCc4c(F)cccc4F)nc3N[C@@H]3C[C@H](CO)[C@@H](O)[C@H]3O)nc2cn1.Cl. The van der Waals surface area contributed by atoms with Crippen molar-refractivity contribution in [3.05, 3.63) is 59.0 Å². The first-order valence-corrected chi connectivity index (χ1v) is 12.6. The van der Waals surface area contributed by atoms with Gasteiger partial charge in [0.15, 0.2) is 0 Å². The molecule has 1 aliphatic carbocycles. The molecule has 3 aromatic heterocycles. The second-order valence-corrected chi connectivity index (χ2v) is 10.2. The molecule has 38 heavy (non-hydrogen) atoms. The molecule has 0 spiro atoms. The fourth-order valence-electron chi connectivity index (χ4n) is 4.54. The van der Waals surface area contributed by atoms with Gasteiger partial charge >= 0.3 is 0 Å². The Morgan fingerprint density at radius 1 is 1.08 bits per heavy atom. The molecule has 9 nitrogen and oxygen atoms in total. The van der Waals surface area contributed by atoms with Crippen LogP contribution in [0.3, 0.4) is 0 Å². The highest BCUT2D eigenvalue weighted by Crippen LogP contribution is 2.38. The highest BCUT2D eigenvalue weighted by atomic mass is 35.5. The van der Waals surface area contributed by atoms with Crippen molar-refractivity contribution < 1.29 is 24.1 Å². The van der Waals surface area contributed by atoms with Gasteiger partial charge in [0.1, 0.15) is 34.1 Å². The summed E-state index contributed by atoms with van der Waals surface area (Å²) in [5.41, 5.74) is 2.56. The number of halogens is 3. The molecule has 4 aromatic rings. The zero-order valence-corrected chi connectivity index (χ0v) is 22.2. The van der Waals surface area contributed by atoms with Crippen molar-refractivity contribution in [1.82, 2.24) is 19.9 Å². The molecule has 0 bridgehead atoms. The Kier molecular flexibility index (Phi) is 8.38. The second kappa shape index (κ2) is 11.4. The molecule has 1 aliphatic rings. The Bertz CT molecular complexity index is 1440. The van der Waals surface area contributed by atoms with Crippen LogP contribution in [0.25, 0.3) is 20.8 Å². The molecule has 1 saturated carbocycles. The molecule has 0 radical (unpaired) electrons. The molecule has 5 rings (SSSR count). The minimum absolute atomic E-state index is 0. The summed E-state index contributed by atoms with van der Waals surface area (Å²) in [4.78, 5) is 18.1. The molecule has 1 aromatic carbocycles. The van der Waals surface area contributed by atoms with E-state index in [-0.39, 0.29) is 37.1 Å². The minimum Gasteiger partial charge on any atom is -0.396 e. The molecule has 0 amide bonds. The van der Waals surface area contributed by atoms with E-state index in [1.165, 1.54) is 29.5 Å². The molecule has 0 aliphatic heterocycles. The third-order valence-corrected chi connectivity index (χ3v) is 7.59. The number of aryl methyl sites for hydroxylation is 2. The average Bonchev–Trinajstić information content (AvgIpc) is 3.38. The van der Waals surface area contributed by atoms with Crippen LogP contribution in [0.15, 0.2) is 30.5 Å². The fraction of sp³-hybridized carbons (Fsp3) is 0.360. The highest BCUT2D eigenvalue weighted by Gasteiger charge is 2.41. The van der Waals surface area contributed by atoms with E-state index in [2.05, 4.69) is 25.6 Å². The molecule has 202 valence electrons. The molecule has 13 heteroatoms. The topological polar surface area (TPSA) is 136 Å². The number of hydrogen-bond donors (Lipinski definition) is 5. The maximum Gasteiger partial charge on any atom is 0.225 e. The first kappa shape index (κ1) is 28.0. The predicted molar refractivity (Wildman–Crippen MR) is 143 cm³/mol. The summed E-state index contributed by atoms with van der Waals surface area (Å²) in [5.74, 6) is -1.40. The number of aliphatic hydroxyl groups excluding tert-OH is 3. The Hall–Kier alpha value is -3.03. The molecule has 0 saturated heterocycles. The summed E-state index contributed by atoms with van der Waals surface area (Å²) >= 11 is 1.43. The van der Waals surface area contributed by atoms with Crippen LogP contribution in [-0.4, -0.2) is 60.1 Å². The summed E-state index contributed by atoms with van der Waals surface area (Å²) in [6.45, 7) is 3.21. The van der Waals surface area contributed by atoms with Gasteiger partial charge in [0, 0.05) is 30.3 Å². The normalized spacial score (nSPS) is 20.9. The lowest BCUT2D eigenvalue weighted by Gasteiger charge is -2.21. The Labute approximate surface area is 227 Å². The van der Waals surface area contributed by atoms with Crippen LogP contribution in [0.2, 0.25) is 0 Å². The van der Waals surface area contributed by atoms with Crippen molar-refractivity contribution in [3.8, 4) is 10.6 Å². The summed E-state index contributed by atoms with van der Waals surface area (Å²) in [7, 11) is 0. The number of nitrogens with one attached hydrogen (secondary N) is 2. The predicted octanol–water partition coefficient (Wildman–Crippen LogP) is 3.59. The van der Waals surface area contributed by atoms with Gasteiger partial charge in [0.25, 0.3) is 0 Å². The smallest absolute Gasteiger partial charge is 0.225 e. The van der Waals surface area contributed by atoms with Crippen molar-refractivity contribution >= 4 is 45.7 Å². The van der Waals surface area contributed by atoms with E-state index in [4.69, 9.17) is 4.98 Å². The Balaban J connectivity index is 0.00000336. The van der Waals surface area contributed by atoms with Gasteiger partial charge in [-0.1, -0.05) is 6.07 Å². The van der Waals surface area contributed by atoms with Gasteiger partial charge in [0.05, 0.1) is 34.3 Å². The number of aromatic nitrogens is 4. The van der Waals surface area contributed by atoms with Crippen molar-refractivity contribution in [3.63, 3.8) is 0 Å². The van der Waals surface area contributed by atoms with Gasteiger partial charge in [-0.05, 0) is 38.5 Å². The number of hydrogen-bond acceptors (Lipinski definition) is 10. The number of aliphatic hydroxyl groups is 3. The second-order valence-electron chi connectivity index (χ2n) is 9.13. The lowest BCUT2D eigenvalue weighted by atomic mass is 10.1. The maximum atomic E-state index is 14.1. The molecule has 1 fully saturated rings. The van der Waals surface area contributed by atoms with E-state index in [0.717, 1.165) is 10.4 Å². The monoisotopic (exact) mass is 564 g/mol. The largest absolute Gasteiger partial charge is 0.396 e. The summed E-state index contributed by atoms with van der Waals surface area (Å²) in [5, 5.41) is 37.2. The first-order valence-electron chi connectivity index (χ1n) is 11.8. The molecule has 5 N–H and O–H groups in total. The number of benzene rings is 1. The van der Waals surface area contributed by atoms with E-state index in [1.807, 2.05) is 13.0 Å². The molecule has 0 unspecified atom stereocenters. The van der Waals surface area contributed by atoms with Crippen LogP contribution < -0.4 is 10.6 Å². The number of fused-ring (bicyclic) bond motifs is 1. The summed E-state index contributed by atoms with van der Waals surface area (Å²) < 4.78 is 29.2. The fourth-order valence-corrected chi connectivity index (χ4v) is 5.67. The van der Waals surface area contributed by atoms with Gasteiger partial charge in [-0.15, -0.1) is 23.7 Å². The van der Waals surface area contributed by atoms with Crippen molar-refractivity contribution in [2.75, 3.05) is 17.2 Å². The van der Waals surface area contributed by atoms with E-state index in [1.54, 1.807) is 13.1 Å². The van der Waals surface area contributed by atoms with Crippen molar-refractivity contribution in [1.29, 1.82) is 0 Å². The zero-order valence-electron chi connectivity index (χ0n) is 20.5. The number of anilines is 2. The number of rotatable bonds is 7. The molecular weight excluding hydrogens is 538 g/mol. The molecule has 3 heterocycles. The quantitative estimate of drug-likeness (QED) is 0.228. The maximum absolute atomic E-state index is 14.1. The number of nitrogens with zero attached hydrogens (tertiary/aromatic N) is 4.